The van der Waals surface area contributed by atoms with Crippen LogP contribution in [-0.4, -0.2) is 35.0 Å². The summed E-state index contributed by atoms with van der Waals surface area (Å²) in [6.07, 6.45) is 7.74. The second kappa shape index (κ2) is 11.8. The lowest BCUT2D eigenvalue weighted by molar-refractivity contribution is 0.112. The van der Waals surface area contributed by atoms with Crippen molar-refractivity contribution in [3.63, 3.8) is 0 Å². The van der Waals surface area contributed by atoms with Gasteiger partial charge in [0.15, 0.2) is 0 Å². The Morgan fingerprint density at radius 3 is 1.71 bits per heavy atom. The van der Waals surface area contributed by atoms with Gasteiger partial charge in [0.25, 0.3) is 0 Å². The summed E-state index contributed by atoms with van der Waals surface area (Å²) in [5.41, 5.74) is 2.62. The number of hydrogen-bond donors (Lipinski definition) is 0. The van der Waals surface area contributed by atoms with E-state index < -0.39 is 0 Å². The van der Waals surface area contributed by atoms with Crippen molar-refractivity contribution in [2.75, 3.05) is 13.1 Å². The van der Waals surface area contributed by atoms with Crippen LogP contribution < -0.4 is 0 Å². The number of rotatable bonds is 4. The third-order valence-electron chi connectivity index (χ3n) is 6.83. The Kier molecular flexibility index (Phi) is 9.10. The summed E-state index contributed by atoms with van der Waals surface area (Å²) in [5, 5.41) is 0. The summed E-state index contributed by atoms with van der Waals surface area (Å²) in [7, 11) is 0. The van der Waals surface area contributed by atoms with Crippen molar-refractivity contribution in [2.45, 2.75) is 90.4 Å². The fourth-order valence-electron chi connectivity index (χ4n) is 5.25. The molecule has 170 valence electrons. The van der Waals surface area contributed by atoms with E-state index in [0.29, 0.717) is 24.2 Å². The van der Waals surface area contributed by atoms with E-state index in [1.54, 1.807) is 6.07 Å². The van der Waals surface area contributed by atoms with Gasteiger partial charge in [-0.05, 0) is 89.7 Å². The van der Waals surface area contributed by atoms with Crippen LogP contribution in [0, 0.1) is 5.82 Å². The van der Waals surface area contributed by atoms with Gasteiger partial charge in [0, 0.05) is 24.2 Å². The van der Waals surface area contributed by atoms with Crippen LogP contribution in [0.4, 0.5) is 4.39 Å². The minimum atomic E-state index is -0.119. The van der Waals surface area contributed by atoms with Gasteiger partial charge < -0.3 is 0 Å². The lowest BCUT2D eigenvalue weighted by Gasteiger charge is -2.39. The molecule has 0 spiro atoms. The van der Waals surface area contributed by atoms with E-state index in [9.17, 15) is 4.39 Å². The van der Waals surface area contributed by atoms with E-state index in [1.165, 1.54) is 50.3 Å². The zero-order valence-electron chi connectivity index (χ0n) is 19.9. The van der Waals surface area contributed by atoms with Gasteiger partial charge in [-0.2, -0.15) is 0 Å². The Hall–Kier alpha value is -1.71. The van der Waals surface area contributed by atoms with Crippen molar-refractivity contribution in [3.05, 3.63) is 71.5 Å². The van der Waals surface area contributed by atoms with E-state index >= 15 is 0 Å². The first-order valence-corrected chi connectivity index (χ1v) is 12.3. The third kappa shape index (κ3) is 6.63. The summed E-state index contributed by atoms with van der Waals surface area (Å²) < 4.78 is 13.2. The average molecular weight is 425 g/mol. The maximum atomic E-state index is 13.2. The molecule has 0 radical (unpaired) electrons. The van der Waals surface area contributed by atoms with E-state index in [1.807, 2.05) is 6.07 Å². The van der Waals surface area contributed by atoms with Crippen molar-refractivity contribution in [2.24, 2.45) is 0 Å². The summed E-state index contributed by atoms with van der Waals surface area (Å²) in [5.74, 6) is -0.119. The van der Waals surface area contributed by atoms with Crippen LogP contribution in [0.25, 0.3) is 0 Å². The Morgan fingerprint density at radius 2 is 1.19 bits per heavy atom. The van der Waals surface area contributed by atoms with Crippen LogP contribution in [0.3, 0.4) is 0 Å². The standard InChI is InChI=1S/C14H20FN.C14H21N/c1-11(2)16-9-4-3-8-14(16)12-6-5-7-13(15)10-12;1-12(2)15-11-7-6-10-14(15)13-8-4-3-5-9-13/h5-7,10-11,14H,3-4,8-9H2,1-2H3;3-5,8-9,12,14H,6-7,10-11H2,1-2H3. The lowest BCUT2D eigenvalue weighted by atomic mass is 9.94. The minimum absolute atomic E-state index is 0.119. The molecule has 0 saturated carbocycles. The number of nitrogens with zero attached hydrogens (tertiary/aromatic N) is 2. The van der Waals surface area contributed by atoms with Gasteiger partial charge in [-0.15, -0.1) is 0 Å². The van der Waals surface area contributed by atoms with Crippen LogP contribution in [0.5, 0.6) is 0 Å². The van der Waals surface area contributed by atoms with Crippen molar-refractivity contribution < 1.29 is 4.39 Å². The topological polar surface area (TPSA) is 6.48 Å². The lowest BCUT2D eigenvalue weighted by Crippen LogP contribution is -2.38. The summed E-state index contributed by atoms with van der Waals surface area (Å²) >= 11 is 0. The van der Waals surface area contributed by atoms with Crippen LogP contribution in [0.15, 0.2) is 54.6 Å². The largest absolute Gasteiger partial charge is 0.294 e. The zero-order valence-corrected chi connectivity index (χ0v) is 19.9. The molecule has 31 heavy (non-hydrogen) atoms. The highest BCUT2D eigenvalue weighted by molar-refractivity contribution is 5.21. The molecule has 2 saturated heterocycles. The van der Waals surface area contributed by atoms with Gasteiger partial charge in [0.2, 0.25) is 0 Å². The number of likely N-dealkylation sites (tertiary alicyclic amines) is 2. The highest BCUT2D eigenvalue weighted by Gasteiger charge is 2.26. The summed E-state index contributed by atoms with van der Waals surface area (Å²) in [6, 6.07) is 20.3. The molecule has 0 amide bonds. The normalized spacial score (nSPS) is 22.9. The third-order valence-corrected chi connectivity index (χ3v) is 6.83. The van der Waals surface area contributed by atoms with Crippen molar-refractivity contribution in [1.29, 1.82) is 0 Å². The molecule has 0 aromatic heterocycles. The predicted octanol–water partition coefficient (Wildman–Crippen LogP) is 7.38. The average Bonchev–Trinajstić information content (AvgIpc) is 2.80. The minimum Gasteiger partial charge on any atom is -0.294 e. The smallest absolute Gasteiger partial charge is 0.123 e. The monoisotopic (exact) mass is 424 g/mol. The number of halogens is 1. The van der Waals surface area contributed by atoms with Gasteiger partial charge >= 0.3 is 0 Å². The molecule has 2 heterocycles. The molecule has 2 unspecified atom stereocenters. The van der Waals surface area contributed by atoms with Crippen LogP contribution in [0.2, 0.25) is 0 Å². The molecule has 0 aliphatic carbocycles. The fourth-order valence-corrected chi connectivity index (χ4v) is 5.25. The predicted molar refractivity (Wildman–Crippen MR) is 130 cm³/mol. The van der Waals surface area contributed by atoms with Gasteiger partial charge in [-0.1, -0.05) is 55.3 Å². The number of benzene rings is 2. The maximum Gasteiger partial charge on any atom is 0.123 e. The van der Waals surface area contributed by atoms with E-state index in [-0.39, 0.29) is 5.82 Å². The van der Waals surface area contributed by atoms with Gasteiger partial charge in [-0.3, -0.25) is 9.80 Å². The number of hydrogen-bond acceptors (Lipinski definition) is 2. The quantitative estimate of drug-likeness (QED) is 0.505. The van der Waals surface area contributed by atoms with Gasteiger partial charge in [0.05, 0.1) is 0 Å². The van der Waals surface area contributed by atoms with Crippen molar-refractivity contribution in [3.8, 4) is 0 Å². The van der Waals surface area contributed by atoms with E-state index in [2.05, 4.69) is 73.9 Å². The molecule has 0 bridgehead atoms. The molecule has 2 aromatic carbocycles. The Labute approximate surface area is 189 Å². The molecular weight excluding hydrogens is 383 g/mol. The van der Waals surface area contributed by atoms with Gasteiger partial charge in [0.1, 0.15) is 5.82 Å². The molecule has 2 aliphatic heterocycles. The SMILES string of the molecule is CC(C)N1CCCCC1c1cccc(F)c1.CC(C)N1CCCCC1c1ccccc1. The Morgan fingerprint density at radius 1 is 0.677 bits per heavy atom. The molecular formula is C28H41FN2. The van der Waals surface area contributed by atoms with Crippen LogP contribution >= 0.6 is 0 Å². The molecule has 2 aromatic rings. The van der Waals surface area contributed by atoms with Crippen molar-refractivity contribution >= 4 is 0 Å². The van der Waals surface area contributed by atoms with Crippen LogP contribution in [0.1, 0.15) is 89.4 Å². The molecule has 2 atom stereocenters. The second-order valence-corrected chi connectivity index (χ2v) is 9.65. The Balaban J connectivity index is 0.000000176. The summed E-state index contributed by atoms with van der Waals surface area (Å²) in [6.45, 7) is 11.5. The maximum absolute atomic E-state index is 13.2. The first-order chi connectivity index (χ1) is 15.0. The first kappa shape index (κ1) is 23.9. The van der Waals surface area contributed by atoms with Gasteiger partial charge in [-0.25, -0.2) is 4.39 Å². The molecule has 3 heteroatoms. The molecule has 0 N–H and O–H groups in total. The fraction of sp³-hybridized carbons (Fsp3) is 0.571. The molecule has 4 rings (SSSR count). The van der Waals surface area contributed by atoms with E-state index in [4.69, 9.17) is 0 Å². The highest BCUT2D eigenvalue weighted by atomic mass is 19.1. The zero-order chi connectivity index (χ0) is 22.2. The number of piperidine rings is 2. The summed E-state index contributed by atoms with van der Waals surface area (Å²) in [4.78, 5) is 5.12. The molecule has 2 nitrogen and oxygen atoms in total. The van der Waals surface area contributed by atoms with Crippen molar-refractivity contribution in [1.82, 2.24) is 9.80 Å². The first-order valence-electron chi connectivity index (χ1n) is 12.3. The molecule has 2 fully saturated rings. The second-order valence-electron chi connectivity index (χ2n) is 9.65. The van der Waals surface area contributed by atoms with E-state index in [0.717, 1.165) is 18.5 Å². The Bertz CT molecular complexity index is 774. The highest BCUT2D eigenvalue weighted by Crippen LogP contribution is 2.33. The molecule has 2 aliphatic rings. The van der Waals surface area contributed by atoms with Crippen LogP contribution in [-0.2, 0) is 0 Å².